The van der Waals surface area contributed by atoms with Crippen LogP contribution in [0.25, 0.3) is 0 Å². The molecule has 0 aromatic heterocycles. The molecule has 0 aromatic carbocycles. The van der Waals surface area contributed by atoms with Crippen molar-refractivity contribution in [2.45, 2.75) is 0 Å². The van der Waals surface area contributed by atoms with Gasteiger partial charge < -0.3 is 20.9 Å². The molecular weight excluding hydrogens is 264 g/mol. The lowest BCUT2D eigenvalue weighted by Crippen LogP contribution is -2.41. The monoisotopic (exact) mass is 288 g/mol. The van der Waals surface area contributed by atoms with E-state index in [4.69, 9.17) is 20.9 Å². The summed E-state index contributed by atoms with van der Waals surface area (Å²) in [7, 11) is 0. The van der Waals surface area contributed by atoms with Gasteiger partial charge in [0.05, 0.1) is 39.5 Å². The Morgan fingerprint density at radius 1 is 0.750 bits per heavy atom. The highest BCUT2D eigenvalue weighted by Crippen LogP contribution is 1.95. The quantitative estimate of drug-likeness (QED) is 0.597. The predicted octanol–water partition coefficient (Wildman–Crippen LogP) is -2.39. The molecule has 2 aliphatic heterocycles. The Labute approximate surface area is 118 Å². The van der Waals surface area contributed by atoms with Crippen LogP contribution in [0, 0.1) is 0 Å². The smallest absolute Gasteiger partial charge is 0.231 e. The molecule has 2 fully saturated rings. The summed E-state index contributed by atoms with van der Waals surface area (Å²) in [6.45, 7) is 6.88. The van der Waals surface area contributed by atoms with Gasteiger partial charge in [-0.05, 0) is 0 Å². The van der Waals surface area contributed by atoms with Crippen LogP contribution in [0.15, 0.2) is 0 Å². The zero-order valence-electron chi connectivity index (χ0n) is 11.8. The van der Waals surface area contributed by atoms with Crippen molar-refractivity contribution in [2.75, 3.05) is 65.7 Å². The molecule has 0 saturated carbocycles. The fraction of sp³-hybridized carbons (Fsp3) is 0.833. The Morgan fingerprint density at radius 2 is 1.05 bits per heavy atom. The van der Waals surface area contributed by atoms with E-state index < -0.39 is 0 Å². The van der Waals surface area contributed by atoms with E-state index in [1.165, 1.54) is 0 Å². The summed E-state index contributed by atoms with van der Waals surface area (Å²) in [6.07, 6.45) is 0. The Hall–Kier alpha value is -1.22. The molecule has 4 N–H and O–H groups in total. The maximum Gasteiger partial charge on any atom is 0.231 e. The average Bonchev–Trinajstić information content (AvgIpc) is 2.40. The second-order valence-corrected chi connectivity index (χ2v) is 4.71. The summed E-state index contributed by atoms with van der Waals surface area (Å²) < 4.78 is 10.2. The summed E-state index contributed by atoms with van der Waals surface area (Å²) in [5, 5.41) is 0. The molecule has 8 nitrogen and oxygen atoms in total. The van der Waals surface area contributed by atoms with E-state index in [0.29, 0.717) is 39.5 Å². The zero-order valence-corrected chi connectivity index (χ0v) is 11.8. The third-order valence-corrected chi connectivity index (χ3v) is 2.97. The van der Waals surface area contributed by atoms with Crippen molar-refractivity contribution in [3.8, 4) is 0 Å². The van der Waals surface area contributed by atoms with Crippen LogP contribution in [-0.4, -0.2) is 87.3 Å². The van der Waals surface area contributed by atoms with Gasteiger partial charge in [0.15, 0.2) is 0 Å². The van der Waals surface area contributed by atoms with Crippen molar-refractivity contribution in [2.24, 2.45) is 11.5 Å². The number of morpholine rings is 2. The van der Waals surface area contributed by atoms with Gasteiger partial charge in [0.25, 0.3) is 0 Å². The molecule has 2 aliphatic rings. The Morgan fingerprint density at radius 3 is 1.30 bits per heavy atom. The molecule has 0 aromatic rings. The SMILES string of the molecule is NC(=O)CN1CCOCC1.NC(=O)CN1CCOCC1. The highest BCUT2D eigenvalue weighted by atomic mass is 16.5. The predicted molar refractivity (Wildman–Crippen MR) is 72.9 cm³/mol. The summed E-state index contributed by atoms with van der Waals surface area (Å²) >= 11 is 0. The number of nitrogens with two attached hydrogens (primary N) is 2. The Balaban J connectivity index is 0.000000200. The lowest BCUT2D eigenvalue weighted by Gasteiger charge is -2.24. The fourth-order valence-electron chi connectivity index (χ4n) is 1.96. The highest BCUT2D eigenvalue weighted by molar-refractivity contribution is 5.76. The number of carbonyl (C=O) groups excluding carboxylic acids is 2. The molecule has 0 spiro atoms. The lowest BCUT2D eigenvalue weighted by molar-refractivity contribution is -0.121. The van der Waals surface area contributed by atoms with Gasteiger partial charge in [-0.25, -0.2) is 0 Å². The molecular formula is C12H24N4O4. The second-order valence-electron chi connectivity index (χ2n) is 4.71. The maximum absolute atomic E-state index is 10.4. The molecule has 2 saturated heterocycles. The number of carbonyl (C=O) groups is 2. The first kappa shape index (κ1) is 16.8. The molecule has 0 aliphatic carbocycles. The average molecular weight is 288 g/mol. The minimum absolute atomic E-state index is 0.262. The van der Waals surface area contributed by atoms with E-state index in [0.717, 1.165) is 26.2 Å². The van der Waals surface area contributed by atoms with Gasteiger partial charge in [-0.1, -0.05) is 0 Å². The zero-order chi connectivity index (χ0) is 14.8. The van der Waals surface area contributed by atoms with Crippen molar-refractivity contribution in [3.05, 3.63) is 0 Å². The van der Waals surface area contributed by atoms with Crippen LogP contribution in [0.4, 0.5) is 0 Å². The van der Waals surface area contributed by atoms with Crippen molar-refractivity contribution >= 4 is 11.8 Å². The van der Waals surface area contributed by atoms with Crippen LogP contribution < -0.4 is 11.5 Å². The molecule has 0 bridgehead atoms. The van der Waals surface area contributed by atoms with E-state index in [1.54, 1.807) is 0 Å². The van der Waals surface area contributed by atoms with Crippen LogP contribution >= 0.6 is 0 Å². The van der Waals surface area contributed by atoms with Gasteiger partial charge in [-0.3, -0.25) is 19.4 Å². The van der Waals surface area contributed by atoms with Crippen LogP contribution in [0.5, 0.6) is 0 Å². The number of amides is 2. The number of hydrogen-bond donors (Lipinski definition) is 2. The van der Waals surface area contributed by atoms with Gasteiger partial charge >= 0.3 is 0 Å². The van der Waals surface area contributed by atoms with Gasteiger partial charge in [0.2, 0.25) is 11.8 Å². The number of primary amides is 2. The van der Waals surface area contributed by atoms with Gasteiger partial charge in [-0.2, -0.15) is 0 Å². The lowest BCUT2D eigenvalue weighted by atomic mass is 10.4. The minimum Gasteiger partial charge on any atom is -0.379 e. The number of hydrogen-bond acceptors (Lipinski definition) is 6. The largest absolute Gasteiger partial charge is 0.379 e. The first-order valence-corrected chi connectivity index (χ1v) is 6.74. The molecule has 20 heavy (non-hydrogen) atoms. The minimum atomic E-state index is -0.262. The fourth-order valence-corrected chi connectivity index (χ4v) is 1.96. The Kier molecular flexibility index (Phi) is 8.12. The normalized spacial score (nSPS) is 20.8. The van der Waals surface area contributed by atoms with Crippen molar-refractivity contribution in [1.82, 2.24) is 9.80 Å². The second kappa shape index (κ2) is 9.65. The summed E-state index contributed by atoms with van der Waals surface area (Å²) in [6, 6.07) is 0. The number of nitrogens with zero attached hydrogens (tertiary/aromatic N) is 2. The first-order chi connectivity index (χ1) is 9.58. The molecule has 2 rings (SSSR count). The molecule has 8 heteroatoms. The van der Waals surface area contributed by atoms with Crippen LogP contribution in [0.2, 0.25) is 0 Å². The Bertz CT molecular complexity index is 272. The third-order valence-electron chi connectivity index (χ3n) is 2.97. The van der Waals surface area contributed by atoms with Crippen LogP contribution in [0.3, 0.4) is 0 Å². The van der Waals surface area contributed by atoms with Crippen molar-refractivity contribution < 1.29 is 19.1 Å². The van der Waals surface area contributed by atoms with Crippen molar-refractivity contribution in [1.29, 1.82) is 0 Å². The van der Waals surface area contributed by atoms with E-state index in [-0.39, 0.29) is 11.8 Å². The van der Waals surface area contributed by atoms with E-state index >= 15 is 0 Å². The number of ether oxygens (including phenoxy) is 2. The third kappa shape index (κ3) is 8.05. The first-order valence-electron chi connectivity index (χ1n) is 6.74. The highest BCUT2D eigenvalue weighted by Gasteiger charge is 2.12. The van der Waals surface area contributed by atoms with Crippen LogP contribution in [-0.2, 0) is 19.1 Å². The molecule has 116 valence electrons. The number of rotatable bonds is 4. The molecule has 0 atom stereocenters. The molecule has 2 heterocycles. The topological polar surface area (TPSA) is 111 Å². The van der Waals surface area contributed by atoms with Gasteiger partial charge in [0, 0.05) is 26.2 Å². The molecule has 0 unspecified atom stereocenters. The standard InChI is InChI=1S/2C6H12N2O2/c2*7-6(9)5-8-1-3-10-4-2-8/h2*1-5H2,(H2,7,9). The van der Waals surface area contributed by atoms with Gasteiger partial charge in [0.1, 0.15) is 0 Å². The van der Waals surface area contributed by atoms with Gasteiger partial charge in [-0.15, -0.1) is 0 Å². The maximum atomic E-state index is 10.4. The van der Waals surface area contributed by atoms with Crippen LogP contribution in [0.1, 0.15) is 0 Å². The van der Waals surface area contributed by atoms with E-state index in [1.807, 2.05) is 9.80 Å². The summed E-state index contributed by atoms with van der Waals surface area (Å²) in [4.78, 5) is 24.8. The summed E-state index contributed by atoms with van der Waals surface area (Å²) in [5.74, 6) is -0.524. The van der Waals surface area contributed by atoms with E-state index in [9.17, 15) is 9.59 Å². The van der Waals surface area contributed by atoms with E-state index in [2.05, 4.69) is 0 Å². The summed E-state index contributed by atoms with van der Waals surface area (Å²) in [5.41, 5.74) is 10.0. The van der Waals surface area contributed by atoms with Crippen molar-refractivity contribution in [3.63, 3.8) is 0 Å². The molecule has 0 radical (unpaired) electrons. The molecule has 2 amide bonds.